The van der Waals surface area contributed by atoms with Crippen LogP contribution in [0, 0.1) is 0 Å². The molecule has 1 saturated carbocycles. The highest BCUT2D eigenvalue weighted by Crippen LogP contribution is 2.45. The molecule has 1 rings (SSSR count). The topological polar surface area (TPSA) is 335 Å². The van der Waals surface area contributed by atoms with Gasteiger partial charge in [0.05, 0.1) is 6.61 Å². The average Bonchev–Trinajstić information content (AvgIpc) is 3.21. The maximum Gasteiger partial charge on any atom is 0.306 e. The summed E-state index contributed by atoms with van der Waals surface area (Å²) in [5.41, 5.74) is 0. The van der Waals surface area contributed by atoms with Crippen LogP contribution in [0.4, 0.5) is 0 Å². The molecule has 1 fully saturated rings. The Morgan fingerprint density at radius 1 is 0.540 bits per heavy atom. The Morgan fingerprint density at radius 3 is 1.29 bits per heavy atom. The van der Waals surface area contributed by atoms with Gasteiger partial charge in [0.25, 0.3) is 15.6 Å². The highest BCUT2D eigenvalue weighted by Gasteiger charge is 2.52. The number of carbonyl (C=O) groups excluding carboxylic acids is 2. The molecule has 0 aromatic rings. The monoisotopic (exact) mass is 951 g/mol. The second-order valence-corrected chi connectivity index (χ2v) is 18.9. The van der Waals surface area contributed by atoms with Gasteiger partial charge >= 0.3 is 11.9 Å². The van der Waals surface area contributed by atoms with Crippen molar-refractivity contribution in [2.45, 2.75) is 236 Å². The minimum Gasteiger partial charge on any atom is -0.756 e. The Kier molecular flexibility index (Phi) is 39.2. The number of carbonyl (C=O) groups is 2. The molecular weight excluding hydrogens is 862 g/mol. The molecule has 13 N–H and O–H groups in total. The number of hydrogen-bond acceptors (Lipinski definition) is 15. The normalized spacial score (nSPS) is 22.4. The van der Waals surface area contributed by atoms with Crippen molar-refractivity contribution in [2.24, 2.45) is 0 Å². The maximum atomic E-state index is 12.8. The predicted octanol–water partition coefficient (Wildman–Crippen LogP) is 7.89. The summed E-state index contributed by atoms with van der Waals surface area (Å²) in [5.74, 6) is -1.24. The lowest BCUT2D eigenvalue weighted by molar-refractivity contribution is -0.271. The van der Waals surface area contributed by atoms with E-state index in [0.717, 1.165) is 64.2 Å². The first-order valence-electron chi connectivity index (χ1n) is 23.2. The fourth-order valence-corrected chi connectivity index (χ4v) is 8.70. The number of quaternary nitrogens is 2. The van der Waals surface area contributed by atoms with Gasteiger partial charge in [-0.1, -0.05) is 154 Å². The van der Waals surface area contributed by atoms with Crippen molar-refractivity contribution < 1.29 is 76.9 Å². The molecule has 0 bridgehead atoms. The van der Waals surface area contributed by atoms with E-state index in [1.165, 1.54) is 89.9 Å². The first-order valence-corrected chi connectivity index (χ1v) is 26.2. The van der Waals surface area contributed by atoms with E-state index in [9.17, 15) is 48.9 Å². The second kappa shape index (κ2) is 38.7. The van der Waals surface area contributed by atoms with Gasteiger partial charge in [-0.05, 0) is 38.5 Å². The predicted molar refractivity (Wildman–Crippen MR) is 240 cm³/mol. The van der Waals surface area contributed by atoms with E-state index >= 15 is 0 Å². The molecule has 0 radical (unpaired) electrons. The van der Waals surface area contributed by atoms with E-state index in [0.29, 0.717) is 12.8 Å². The van der Waals surface area contributed by atoms with Crippen molar-refractivity contribution in [3.8, 4) is 0 Å². The lowest BCUT2D eigenvalue weighted by Gasteiger charge is -2.45. The van der Waals surface area contributed by atoms with Gasteiger partial charge in [-0.2, -0.15) is 0 Å². The molecule has 0 amide bonds. The molecule has 0 aromatic heterocycles. The molecule has 1 aliphatic rings. The van der Waals surface area contributed by atoms with E-state index in [2.05, 4.69) is 30.5 Å². The largest absolute Gasteiger partial charge is 0.756 e. The number of phosphoric acid groups is 2. The summed E-state index contributed by atoms with van der Waals surface area (Å²) in [6.07, 6.45) is 18.3. The molecule has 376 valence electrons. The SMILES string of the molecule is CCCCCCCC/C=C\CCCCCCCC(=O)O[C@H](COC(=O)CCCCCCCCCCCCCCC)COP(=O)([O-])OC1C(O)C(O)C(OP(=O)([O-])O)[C@@H](O)C1O.[NH4+].[NH4+]. The van der Waals surface area contributed by atoms with E-state index in [1.807, 2.05) is 0 Å². The van der Waals surface area contributed by atoms with Crippen LogP contribution >= 0.6 is 15.6 Å². The molecule has 18 nitrogen and oxygen atoms in total. The summed E-state index contributed by atoms with van der Waals surface area (Å²) in [6, 6.07) is 0. The third kappa shape index (κ3) is 32.9. The fourth-order valence-electron chi connectivity index (χ4n) is 7.18. The average molecular weight is 951 g/mol. The molecule has 0 spiro atoms. The summed E-state index contributed by atoms with van der Waals surface area (Å²) in [7, 11) is -11.1. The molecule has 63 heavy (non-hydrogen) atoms. The zero-order valence-electron chi connectivity index (χ0n) is 39.0. The molecule has 0 saturated heterocycles. The van der Waals surface area contributed by atoms with Gasteiger partial charge in [-0.3, -0.25) is 18.7 Å². The Labute approximate surface area is 377 Å². The number of esters is 2. The fraction of sp³-hybridized carbons (Fsp3) is 0.907. The first-order chi connectivity index (χ1) is 29.1. The van der Waals surface area contributed by atoms with Gasteiger partial charge in [0.15, 0.2) is 6.10 Å². The van der Waals surface area contributed by atoms with Crippen molar-refractivity contribution in [1.82, 2.24) is 12.3 Å². The van der Waals surface area contributed by atoms with Crippen LogP contribution in [0.2, 0.25) is 0 Å². The quantitative estimate of drug-likeness (QED) is 0.0133. The zero-order valence-corrected chi connectivity index (χ0v) is 40.8. The third-order valence-corrected chi connectivity index (χ3v) is 12.3. The van der Waals surface area contributed by atoms with Crippen molar-refractivity contribution in [3.05, 3.63) is 12.2 Å². The Bertz CT molecular complexity index is 1250. The van der Waals surface area contributed by atoms with Crippen LogP contribution in [-0.4, -0.2) is 93.2 Å². The number of hydrogen-bond donors (Lipinski definition) is 7. The number of allylic oxidation sites excluding steroid dienone is 2. The highest BCUT2D eigenvalue weighted by molar-refractivity contribution is 7.45. The van der Waals surface area contributed by atoms with Crippen LogP contribution in [0.25, 0.3) is 0 Å². The number of aliphatic hydroxyl groups is 4. The van der Waals surface area contributed by atoms with Crippen molar-refractivity contribution >= 4 is 27.6 Å². The van der Waals surface area contributed by atoms with Gasteiger partial charge < -0.3 is 70.5 Å². The van der Waals surface area contributed by atoms with Crippen molar-refractivity contribution in [2.75, 3.05) is 13.2 Å². The van der Waals surface area contributed by atoms with Gasteiger partial charge in [0.1, 0.15) is 43.2 Å². The minimum atomic E-state index is -5.57. The molecule has 9 atom stereocenters. The summed E-state index contributed by atoms with van der Waals surface area (Å²) in [4.78, 5) is 58.2. The number of rotatable bonds is 39. The van der Waals surface area contributed by atoms with Crippen LogP contribution in [-0.2, 0) is 41.8 Å². The standard InChI is InChI=1S/C43H82O16P2.2H3N/c1-3-5-7-9-11-13-15-17-18-20-22-24-26-28-30-32-37(45)57-35(33-55-36(44)31-29-27-25-23-21-19-16-14-12-10-8-6-4-2)34-56-61(53,54)59-43-40(48)38(46)42(39(47)41(43)49)58-60(50,51)52;;/h17-18,35,38-43,46-49H,3-16,19-34H2,1-2H3,(H,53,54)(H2,50,51,52);2*1H3/b18-17-;;/t35-,38+,39?,40?,41?,42?,43?;;/m1../s1. The molecule has 20 heteroatoms. The van der Waals surface area contributed by atoms with Crippen molar-refractivity contribution in [1.29, 1.82) is 0 Å². The Hall–Kier alpha value is -1.34. The summed E-state index contributed by atoms with van der Waals surface area (Å²) in [5, 5.41) is 41.2. The van der Waals surface area contributed by atoms with Crippen LogP contribution in [0.3, 0.4) is 0 Å². The molecule has 7 unspecified atom stereocenters. The van der Waals surface area contributed by atoms with Gasteiger partial charge in [0, 0.05) is 12.8 Å². The van der Waals surface area contributed by atoms with Crippen LogP contribution in [0.5, 0.6) is 0 Å². The molecule has 0 aromatic carbocycles. The van der Waals surface area contributed by atoms with Crippen LogP contribution in [0.15, 0.2) is 12.2 Å². The lowest BCUT2D eigenvalue weighted by atomic mass is 9.85. The van der Waals surface area contributed by atoms with E-state index in [4.69, 9.17) is 23.4 Å². The molecule has 1 aliphatic carbocycles. The summed E-state index contributed by atoms with van der Waals surface area (Å²) >= 11 is 0. The second-order valence-electron chi connectivity index (χ2n) is 16.4. The molecular formula is C43H88N2O16P2. The maximum absolute atomic E-state index is 12.8. The van der Waals surface area contributed by atoms with Gasteiger partial charge in [-0.15, -0.1) is 0 Å². The number of unbranched alkanes of at least 4 members (excludes halogenated alkanes) is 23. The summed E-state index contributed by atoms with van der Waals surface area (Å²) in [6.45, 7) is 3.01. The smallest absolute Gasteiger partial charge is 0.306 e. The van der Waals surface area contributed by atoms with Crippen LogP contribution in [0.1, 0.15) is 194 Å². The van der Waals surface area contributed by atoms with Crippen LogP contribution < -0.4 is 22.1 Å². The van der Waals surface area contributed by atoms with Crippen molar-refractivity contribution in [3.63, 3.8) is 0 Å². The number of ether oxygens (including phenoxy) is 2. The van der Waals surface area contributed by atoms with Gasteiger partial charge in [-0.25, -0.2) is 0 Å². The number of phosphoric ester groups is 2. The number of aliphatic hydroxyl groups excluding tert-OH is 4. The zero-order chi connectivity index (χ0) is 45.4. The summed E-state index contributed by atoms with van der Waals surface area (Å²) < 4.78 is 48.4. The van der Waals surface area contributed by atoms with Gasteiger partial charge in [0.2, 0.25) is 0 Å². The highest BCUT2D eigenvalue weighted by atomic mass is 31.2. The minimum absolute atomic E-state index is 0. The lowest BCUT2D eigenvalue weighted by Crippen LogP contribution is -2.64. The van der Waals surface area contributed by atoms with E-state index < -0.39 is 83.5 Å². The third-order valence-electron chi connectivity index (χ3n) is 10.8. The van der Waals surface area contributed by atoms with E-state index in [1.54, 1.807) is 0 Å². The molecule has 0 aliphatic heterocycles. The Morgan fingerprint density at radius 2 is 0.889 bits per heavy atom. The first kappa shape index (κ1) is 63.7. The van der Waals surface area contributed by atoms with E-state index in [-0.39, 0.29) is 25.1 Å². The molecule has 0 heterocycles. The Balaban J connectivity index is 0.